The van der Waals surface area contributed by atoms with E-state index in [4.69, 9.17) is 42.2 Å². The Morgan fingerprint density at radius 1 is 0.533 bits per heavy atom. The van der Waals surface area contributed by atoms with Gasteiger partial charge in [0.05, 0.1) is 0 Å². The summed E-state index contributed by atoms with van der Waals surface area (Å²) >= 11 is 0. The summed E-state index contributed by atoms with van der Waals surface area (Å²) in [6, 6.07) is 0. The van der Waals surface area contributed by atoms with Crippen LogP contribution in [-0.4, -0.2) is 61.8 Å². The summed E-state index contributed by atoms with van der Waals surface area (Å²) in [4.78, 5) is 42.9. The van der Waals surface area contributed by atoms with Crippen molar-refractivity contribution in [2.24, 2.45) is 0 Å². The summed E-state index contributed by atoms with van der Waals surface area (Å²) < 4.78 is 26.2. The normalized spacial score (nSPS) is 4.80. The van der Waals surface area contributed by atoms with Crippen molar-refractivity contribution in [1.29, 1.82) is 0 Å². The monoisotopic (exact) mass is 356 g/mol. The molecular weight excluding hydrogens is 348 g/mol. The van der Waals surface area contributed by atoms with Crippen LogP contribution in [0.25, 0.3) is 0 Å². The van der Waals surface area contributed by atoms with Crippen LogP contribution in [0.15, 0.2) is 0 Å². The Morgan fingerprint density at radius 3 is 0.533 bits per heavy atom. The molecule has 92 valence electrons. The molecule has 0 amide bonds. The minimum Gasteiger partial charge on any atom is -0.511 e. The fourth-order valence-corrected chi connectivity index (χ4v) is 0. The van der Waals surface area contributed by atoms with Crippen LogP contribution in [0.2, 0.25) is 0 Å². The maximum Gasteiger partial charge on any atom is 0.761 e. The Kier molecular flexibility index (Phi) is 70.8. The Morgan fingerprint density at radius 2 is 0.533 bits per heavy atom. The van der Waals surface area contributed by atoms with Crippen molar-refractivity contribution in [2.45, 2.75) is 0 Å². The van der Waals surface area contributed by atoms with Crippen LogP contribution >= 0.6 is 0 Å². The first-order chi connectivity index (χ1) is 5.20. The zero-order chi connectivity index (χ0) is 10.7. The number of hydrogen-bond donors (Lipinski definition) is 6. The van der Waals surface area contributed by atoms with Crippen molar-refractivity contribution in [2.75, 3.05) is 0 Å². The van der Waals surface area contributed by atoms with E-state index in [-0.39, 0.29) is 40.2 Å². The summed E-state index contributed by atoms with van der Waals surface area (Å²) in [7, 11) is -9.39. The van der Waals surface area contributed by atoms with Gasteiger partial charge in [-0.25, -0.2) is 0 Å². The van der Waals surface area contributed by atoms with E-state index in [9.17, 15) is 0 Å². The Bertz CT molecular complexity index is 116. The van der Waals surface area contributed by atoms with Gasteiger partial charge in [-0.05, 0) is 0 Å². The Labute approximate surface area is 110 Å². The van der Waals surface area contributed by atoms with Gasteiger partial charge in [0.25, 0.3) is 0 Å². The second-order valence-electron chi connectivity index (χ2n) is 0.848. The van der Waals surface area contributed by atoms with Gasteiger partial charge in [0.1, 0.15) is 0 Å². The molecular formula is H8Cr2O10Si3. The van der Waals surface area contributed by atoms with E-state index < -0.39 is 27.5 Å². The third-order valence-corrected chi connectivity index (χ3v) is 0. The first kappa shape index (κ1) is 36.4. The van der Waals surface area contributed by atoms with E-state index in [1.54, 1.807) is 0 Å². The van der Waals surface area contributed by atoms with E-state index in [0.29, 0.717) is 0 Å². The minimum absolute atomic E-state index is 0. The van der Waals surface area contributed by atoms with Crippen molar-refractivity contribution in [3.05, 3.63) is 0 Å². The SMILES string of the molecule is O.O=[Si](O)O.O=[Si](O)O.O=[Si](O)O.[Cr].[Cr]. The summed E-state index contributed by atoms with van der Waals surface area (Å²) in [6.07, 6.45) is 0. The van der Waals surface area contributed by atoms with Gasteiger partial charge in [-0.1, -0.05) is 0 Å². The van der Waals surface area contributed by atoms with Gasteiger partial charge in [0, 0.05) is 34.7 Å². The molecule has 0 unspecified atom stereocenters. The van der Waals surface area contributed by atoms with Crippen LogP contribution in [0.3, 0.4) is 0 Å². The molecule has 0 atom stereocenters. The smallest absolute Gasteiger partial charge is 0.511 e. The number of rotatable bonds is 0. The second kappa shape index (κ2) is 29.2. The van der Waals surface area contributed by atoms with Gasteiger partial charge in [-0.2, -0.15) is 0 Å². The zero-order valence-electron chi connectivity index (χ0n) is 6.72. The molecule has 15 heteroatoms. The fraction of sp³-hybridized carbons (Fsp3) is 0. The predicted octanol–water partition coefficient (Wildman–Crippen LogP) is -5.67. The van der Waals surface area contributed by atoms with Crippen LogP contribution in [0.4, 0.5) is 0 Å². The molecule has 0 fully saturated rings. The molecule has 8 N–H and O–H groups in total. The molecule has 10 nitrogen and oxygen atoms in total. The average Bonchev–Trinajstić information content (AvgIpc) is 1.54. The van der Waals surface area contributed by atoms with Gasteiger partial charge >= 0.3 is 27.5 Å². The summed E-state index contributed by atoms with van der Waals surface area (Å²) in [5.74, 6) is 0. The maximum absolute atomic E-state index is 8.74. The molecule has 0 aromatic carbocycles. The van der Waals surface area contributed by atoms with Crippen LogP contribution in [-0.2, 0) is 48.1 Å². The minimum atomic E-state index is -3.13. The molecule has 0 aliphatic heterocycles. The van der Waals surface area contributed by atoms with Gasteiger partial charge in [0.15, 0.2) is 0 Å². The van der Waals surface area contributed by atoms with E-state index in [0.717, 1.165) is 0 Å². The van der Waals surface area contributed by atoms with Crippen molar-refractivity contribution < 1.29 is 82.4 Å². The first-order valence-electron chi connectivity index (χ1n) is 1.95. The van der Waals surface area contributed by atoms with Crippen molar-refractivity contribution >= 4 is 27.5 Å². The molecule has 0 saturated carbocycles. The van der Waals surface area contributed by atoms with Crippen LogP contribution in [0, 0.1) is 0 Å². The predicted molar refractivity (Wildman–Crippen MR) is 36.2 cm³/mol. The summed E-state index contributed by atoms with van der Waals surface area (Å²) in [5.41, 5.74) is 0. The first-order valence-corrected chi connectivity index (χ1v) is 5.86. The van der Waals surface area contributed by atoms with Gasteiger partial charge in [-0.15, -0.1) is 0 Å². The molecule has 0 aliphatic rings. The molecule has 0 spiro atoms. The van der Waals surface area contributed by atoms with Crippen LogP contribution < -0.4 is 0 Å². The molecule has 0 bridgehead atoms. The molecule has 0 heterocycles. The molecule has 0 radical (unpaired) electrons. The van der Waals surface area contributed by atoms with E-state index in [2.05, 4.69) is 0 Å². The van der Waals surface area contributed by atoms with Gasteiger partial charge in [-0.3, -0.25) is 13.4 Å². The summed E-state index contributed by atoms with van der Waals surface area (Å²) in [5, 5.41) is 0. The topological polar surface area (TPSA) is 204 Å². The van der Waals surface area contributed by atoms with Crippen molar-refractivity contribution in [1.82, 2.24) is 0 Å². The average molecular weight is 356 g/mol. The molecule has 0 aliphatic carbocycles. The maximum atomic E-state index is 8.74. The van der Waals surface area contributed by atoms with Crippen molar-refractivity contribution in [3.8, 4) is 0 Å². The van der Waals surface area contributed by atoms with E-state index in [1.807, 2.05) is 0 Å². The molecule has 0 aromatic rings. The quantitative estimate of drug-likeness (QED) is 0.228. The zero-order valence-corrected chi connectivity index (χ0v) is 12.3. The number of hydrogen-bond acceptors (Lipinski definition) is 3. The van der Waals surface area contributed by atoms with E-state index >= 15 is 0 Å². The Balaban J connectivity index is -0.0000000184. The fourth-order valence-electron chi connectivity index (χ4n) is 0. The van der Waals surface area contributed by atoms with Crippen LogP contribution in [0.1, 0.15) is 0 Å². The molecule has 0 rings (SSSR count). The van der Waals surface area contributed by atoms with Crippen molar-refractivity contribution in [3.63, 3.8) is 0 Å². The molecule has 15 heavy (non-hydrogen) atoms. The van der Waals surface area contributed by atoms with Gasteiger partial charge in [0.2, 0.25) is 0 Å². The van der Waals surface area contributed by atoms with Crippen LogP contribution in [0.5, 0.6) is 0 Å². The standard InChI is InChI=1S/2Cr.3H2O3Si.H2O/c;;3*1-4(2)3;/h;;3*1-2H;1H2. The van der Waals surface area contributed by atoms with E-state index in [1.165, 1.54) is 0 Å². The summed E-state index contributed by atoms with van der Waals surface area (Å²) in [6.45, 7) is 0. The Hall–Kier alpha value is -0.124. The molecule has 0 aromatic heterocycles. The van der Waals surface area contributed by atoms with Gasteiger partial charge < -0.3 is 34.3 Å². The molecule has 0 saturated heterocycles. The third-order valence-electron chi connectivity index (χ3n) is 0. The second-order valence-corrected chi connectivity index (χ2v) is 2.54. The largest absolute Gasteiger partial charge is 0.761 e. The third kappa shape index (κ3) is 126000.